The fourth-order valence-corrected chi connectivity index (χ4v) is 3.48. The molecule has 0 aliphatic carbocycles. The van der Waals surface area contributed by atoms with Crippen molar-refractivity contribution >= 4 is 23.6 Å². The Balaban J connectivity index is 1.87. The maximum atomic E-state index is 12.3. The van der Waals surface area contributed by atoms with E-state index in [1.165, 1.54) is 27.8 Å². The number of carbonyl (C=O) groups is 2. The molecule has 0 aromatic heterocycles. The van der Waals surface area contributed by atoms with Crippen LogP contribution in [0.5, 0.6) is 0 Å². The zero-order chi connectivity index (χ0) is 16.1. The number of aryl methyl sites for hydroxylation is 1. The molecule has 1 aliphatic heterocycles. The largest absolute Gasteiger partial charge is 0.480 e. The summed E-state index contributed by atoms with van der Waals surface area (Å²) in [6, 6.07) is 7.38. The fraction of sp³-hybridized carbons (Fsp3) is 0.500. The molecule has 2 atom stereocenters. The second-order valence-electron chi connectivity index (χ2n) is 5.48. The molecule has 1 amide bonds. The summed E-state index contributed by atoms with van der Waals surface area (Å²) >= 11 is 1.51. The molecule has 1 aliphatic rings. The molecule has 22 heavy (non-hydrogen) atoms. The van der Waals surface area contributed by atoms with Crippen molar-refractivity contribution in [1.82, 2.24) is 4.90 Å². The van der Waals surface area contributed by atoms with E-state index in [1.54, 1.807) is 7.11 Å². The molecule has 120 valence electrons. The second kappa shape index (κ2) is 7.65. The zero-order valence-electron chi connectivity index (χ0n) is 12.8. The Morgan fingerprint density at radius 1 is 1.45 bits per heavy atom. The van der Waals surface area contributed by atoms with Crippen LogP contribution < -0.4 is 0 Å². The summed E-state index contributed by atoms with van der Waals surface area (Å²) in [5.74, 6) is -0.0675. The number of amides is 1. The molecule has 1 N–H and O–H groups in total. The summed E-state index contributed by atoms with van der Waals surface area (Å²) in [6.45, 7) is 2.39. The first-order chi connectivity index (χ1) is 10.5. The van der Waals surface area contributed by atoms with E-state index in [-0.39, 0.29) is 17.8 Å². The van der Waals surface area contributed by atoms with Crippen molar-refractivity contribution in [3.63, 3.8) is 0 Å². The number of aliphatic carboxylic acids is 1. The summed E-state index contributed by atoms with van der Waals surface area (Å²) in [6.07, 6.45) is 0.173. The van der Waals surface area contributed by atoms with Gasteiger partial charge in [-0.15, -0.1) is 11.8 Å². The summed E-state index contributed by atoms with van der Waals surface area (Å²) in [7, 11) is 1.55. The lowest BCUT2D eigenvalue weighted by Gasteiger charge is -2.21. The number of ether oxygens (including phenoxy) is 1. The first-order valence-corrected chi connectivity index (χ1v) is 8.35. The highest BCUT2D eigenvalue weighted by Crippen LogP contribution is 2.22. The van der Waals surface area contributed by atoms with E-state index in [4.69, 9.17) is 4.74 Å². The van der Waals surface area contributed by atoms with Crippen LogP contribution in [0.3, 0.4) is 0 Å². The number of carboxylic acids is 1. The van der Waals surface area contributed by atoms with Crippen LogP contribution in [0.15, 0.2) is 24.3 Å². The van der Waals surface area contributed by atoms with Crippen molar-refractivity contribution in [1.29, 1.82) is 0 Å². The van der Waals surface area contributed by atoms with Gasteiger partial charge < -0.3 is 14.7 Å². The lowest BCUT2D eigenvalue weighted by Crippen LogP contribution is -2.41. The molecule has 1 aromatic carbocycles. The number of benzene rings is 1. The Bertz CT molecular complexity index is 549. The number of carboxylic acid groups (broad SMARTS) is 1. The van der Waals surface area contributed by atoms with Crippen LogP contribution in [-0.2, 0) is 20.1 Å². The van der Waals surface area contributed by atoms with Crippen molar-refractivity contribution in [2.45, 2.75) is 31.2 Å². The van der Waals surface area contributed by atoms with Gasteiger partial charge in [0.05, 0.1) is 11.9 Å². The lowest BCUT2D eigenvalue weighted by atomic mass is 10.2. The van der Waals surface area contributed by atoms with Crippen LogP contribution in [0.1, 0.15) is 17.5 Å². The van der Waals surface area contributed by atoms with Gasteiger partial charge in [-0.1, -0.05) is 29.8 Å². The molecule has 5 nitrogen and oxygen atoms in total. The highest BCUT2D eigenvalue weighted by molar-refractivity contribution is 7.99. The van der Waals surface area contributed by atoms with Gasteiger partial charge in [-0.05, 0) is 12.5 Å². The lowest BCUT2D eigenvalue weighted by molar-refractivity contribution is -0.147. The number of rotatable bonds is 6. The number of thioether (sulfide) groups is 1. The van der Waals surface area contributed by atoms with Gasteiger partial charge in [0.1, 0.15) is 6.04 Å². The molecular formula is C16H21NO4S. The third-order valence-electron chi connectivity index (χ3n) is 3.78. The van der Waals surface area contributed by atoms with Crippen LogP contribution in [0.25, 0.3) is 0 Å². The molecule has 0 saturated carbocycles. The van der Waals surface area contributed by atoms with Gasteiger partial charge in [-0.3, -0.25) is 4.79 Å². The quantitative estimate of drug-likeness (QED) is 0.866. The van der Waals surface area contributed by atoms with Crippen molar-refractivity contribution in [3.8, 4) is 0 Å². The van der Waals surface area contributed by atoms with Gasteiger partial charge in [0, 0.05) is 25.8 Å². The SMILES string of the molecule is COC1CC(C(=O)O)N(C(=O)CSCc2cccc(C)c2)C1. The highest BCUT2D eigenvalue weighted by atomic mass is 32.2. The Hall–Kier alpha value is -1.53. The van der Waals surface area contributed by atoms with Gasteiger partial charge >= 0.3 is 5.97 Å². The van der Waals surface area contributed by atoms with Crippen LogP contribution in [0, 0.1) is 6.92 Å². The number of hydrogen-bond acceptors (Lipinski definition) is 4. The first-order valence-electron chi connectivity index (χ1n) is 7.19. The minimum atomic E-state index is -0.961. The van der Waals surface area contributed by atoms with E-state index in [9.17, 15) is 14.7 Å². The molecule has 0 bridgehead atoms. The summed E-state index contributed by atoms with van der Waals surface area (Å²) in [5.41, 5.74) is 2.36. The van der Waals surface area contributed by atoms with Crippen LogP contribution in [0.4, 0.5) is 0 Å². The summed E-state index contributed by atoms with van der Waals surface area (Å²) in [5, 5.41) is 9.22. The standard InChI is InChI=1S/C16H21NO4S/c1-11-4-3-5-12(6-11)9-22-10-15(18)17-8-13(21-2)7-14(17)16(19)20/h3-6,13-14H,7-10H2,1-2H3,(H,19,20). The predicted molar refractivity (Wildman–Crippen MR) is 85.9 cm³/mol. The highest BCUT2D eigenvalue weighted by Gasteiger charge is 2.39. The van der Waals surface area contributed by atoms with Crippen molar-refractivity contribution in [2.24, 2.45) is 0 Å². The molecule has 1 saturated heterocycles. The molecule has 2 unspecified atom stereocenters. The van der Waals surface area contributed by atoms with Crippen LogP contribution >= 0.6 is 11.8 Å². The topological polar surface area (TPSA) is 66.8 Å². The summed E-state index contributed by atoms with van der Waals surface area (Å²) in [4.78, 5) is 24.9. The van der Waals surface area contributed by atoms with Crippen molar-refractivity contribution in [3.05, 3.63) is 35.4 Å². The number of carbonyl (C=O) groups excluding carboxylic acids is 1. The molecule has 6 heteroatoms. The normalized spacial score (nSPS) is 21.1. The van der Waals surface area contributed by atoms with Crippen molar-refractivity contribution in [2.75, 3.05) is 19.4 Å². The third kappa shape index (κ3) is 4.24. The summed E-state index contributed by atoms with van der Waals surface area (Å²) < 4.78 is 5.19. The van der Waals surface area contributed by atoms with E-state index >= 15 is 0 Å². The van der Waals surface area contributed by atoms with Gasteiger partial charge in [0.15, 0.2) is 0 Å². The smallest absolute Gasteiger partial charge is 0.326 e. The van der Waals surface area contributed by atoms with E-state index < -0.39 is 12.0 Å². The van der Waals surface area contributed by atoms with E-state index in [0.29, 0.717) is 13.0 Å². The van der Waals surface area contributed by atoms with E-state index in [1.807, 2.05) is 25.1 Å². The minimum absolute atomic E-state index is 0.135. The Morgan fingerprint density at radius 3 is 2.86 bits per heavy atom. The number of hydrogen-bond donors (Lipinski definition) is 1. The van der Waals surface area contributed by atoms with Gasteiger partial charge in [0.2, 0.25) is 5.91 Å². The monoisotopic (exact) mass is 323 g/mol. The number of nitrogens with zero attached hydrogens (tertiary/aromatic N) is 1. The van der Waals surface area contributed by atoms with Crippen molar-refractivity contribution < 1.29 is 19.4 Å². The van der Waals surface area contributed by atoms with E-state index in [0.717, 1.165) is 5.75 Å². The fourth-order valence-electron chi connectivity index (χ4n) is 2.62. The number of likely N-dealkylation sites (tertiary alicyclic amines) is 1. The molecular weight excluding hydrogens is 302 g/mol. The maximum Gasteiger partial charge on any atom is 0.326 e. The molecule has 1 aromatic rings. The Kier molecular flexibility index (Phi) is 5.85. The number of methoxy groups -OCH3 is 1. The van der Waals surface area contributed by atoms with Crippen LogP contribution in [0.2, 0.25) is 0 Å². The Labute approximate surface area is 134 Å². The maximum absolute atomic E-state index is 12.3. The molecule has 0 radical (unpaired) electrons. The molecule has 2 rings (SSSR count). The average Bonchev–Trinajstić information content (AvgIpc) is 2.92. The van der Waals surface area contributed by atoms with Gasteiger partial charge in [-0.2, -0.15) is 0 Å². The van der Waals surface area contributed by atoms with Gasteiger partial charge in [-0.25, -0.2) is 4.79 Å². The van der Waals surface area contributed by atoms with Gasteiger partial charge in [0.25, 0.3) is 0 Å². The van der Waals surface area contributed by atoms with E-state index in [2.05, 4.69) is 6.07 Å². The molecule has 1 fully saturated rings. The predicted octanol–water partition coefficient (Wildman–Crippen LogP) is 1.93. The minimum Gasteiger partial charge on any atom is -0.480 e. The third-order valence-corrected chi connectivity index (χ3v) is 4.77. The first kappa shape index (κ1) is 16.8. The zero-order valence-corrected chi connectivity index (χ0v) is 13.6. The molecule has 1 heterocycles. The van der Waals surface area contributed by atoms with Crippen LogP contribution in [-0.4, -0.2) is 53.4 Å². The average molecular weight is 323 g/mol. The second-order valence-corrected chi connectivity index (χ2v) is 6.46. The molecule has 0 spiro atoms. The Morgan fingerprint density at radius 2 is 2.23 bits per heavy atom.